The van der Waals surface area contributed by atoms with Crippen molar-refractivity contribution in [1.82, 2.24) is 0 Å². The average molecular weight is 471 g/mol. The molecule has 4 heteroatoms. The Kier molecular flexibility index (Phi) is 12.9. The van der Waals surface area contributed by atoms with Gasteiger partial charge in [0.2, 0.25) is 0 Å². The van der Waals surface area contributed by atoms with Crippen molar-refractivity contribution in [3.8, 4) is 0 Å². The highest BCUT2D eigenvalue weighted by Gasteiger charge is 2.26. The Hall–Kier alpha value is -2.36. The molecule has 0 spiro atoms. The fraction of sp³-hybridized carbons (Fsp3) is 0.600. The summed E-state index contributed by atoms with van der Waals surface area (Å²) in [5.74, 6) is 0.149. The summed E-state index contributed by atoms with van der Waals surface area (Å²) < 4.78 is 0. The third-order valence-electron chi connectivity index (χ3n) is 6.19. The zero-order valence-corrected chi connectivity index (χ0v) is 22.4. The summed E-state index contributed by atoms with van der Waals surface area (Å²) >= 11 is 0. The molecule has 34 heavy (non-hydrogen) atoms. The van der Waals surface area contributed by atoms with Gasteiger partial charge in [0.25, 0.3) is 0 Å². The smallest absolute Gasteiger partial charge is 0.170 e. The van der Waals surface area contributed by atoms with Gasteiger partial charge in [-0.05, 0) is 67.9 Å². The van der Waals surface area contributed by atoms with Gasteiger partial charge in [0.1, 0.15) is 11.3 Å². The van der Waals surface area contributed by atoms with E-state index in [2.05, 4.69) is 27.7 Å². The molecule has 1 rings (SSSR count). The van der Waals surface area contributed by atoms with Crippen LogP contribution in [0.5, 0.6) is 0 Å². The molecule has 0 atom stereocenters. The third kappa shape index (κ3) is 10.3. The fourth-order valence-electron chi connectivity index (χ4n) is 3.79. The molecule has 0 aliphatic heterocycles. The highest BCUT2D eigenvalue weighted by molar-refractivity contribution is 6.20. The number of ketones is 2. The van der Waals surface area contributed by atoms with E-state index in [0.717, 1.165) is 24.0 Å². The maximum atomic E-state index is 13.3. The van der Waals surface area contributed by atoms with E-state index in [4.69, 9.17) is 0 Å². The number of carbonyl (C=O) groups is 2. The zero-order valence-electron chi connectivity index (χ0n) is 22.4. The van der Waals surface area contributed by atoms with Crippen molar-refractivity contribution in [1.29, 1.82) is 0 Å². The van der Waals surface area contributed by atoms with Gasteiger partial charge in [-0.2, -0.15) is 0 Å². The number of rotatable bonds is 15. The molecule has 190 valence electrons. The Bertz CT molecular complexity index is 872. The van der Waals surface area contributed by atoms with Crippen LogP contribution in [-0.4, -0.2) is 21.8 Å². The largest absolute Gasteiger partial charge is 0.512 e. The molecule has 0 heterocycles. The first-order valence-corrected chi connectivity index (χ1v) is 12.9. The van der Waals surface area contributed by atoms with Crippen LogP contribution in [0.1, 0.15) is 97.6 Å². The fourth-order valence-corrected chi connectivity index (χ4v) is 3.79. The highest BCUT2D eigenvalue weighted by Crippen LogP contribution is 2.28. The molecule has 0 aromatic heterocycles. The molecule has 0 aliphatic rings. The number of aliphatic hydroxyl groups excluding tert-OH is 2. The van der Waals surface area contributed by atoms with Crippen molar-refractivity contribution >= 4 is 11.6 Å². The van der Waals surface area contributed by atoms with Crippen LogP contribution in [0.25, 0.3) is 0 Å². The Morgan fingerprint density at radius 3 is 1.79 bits per heavy atom. The van der Waals surface area contributed by atoms with Gasteiger partial charge in [-0.15, -0.1) is 0 Å². The molecular weight excluding hydrogens is 424 g/mol. The normalized spacial score (nSPS) is 13.4. The van der Waals surface area contributed by atoms with Crippen LogP contribution in [0.4, 0.5) is 0 Å². The van der Waals surface area contributed by atoms with Gasteiger partial charge in [-0.1, -0.05) is 65.8 Å². The van der Waals surface area contributed by atoms with Crippen LogP contribution >= 0.6 is 0 Å². The van der Waals surface area contributed by atoms with Crippen molar-refractivity contribution < 1.29 is 19.8 Å². The Morgan fingerprint density at radius 2 is 1.24 bits per heavy atom. The van der Waals surface area contributed by atoms with E-state index in [0.29, 0.717) is 49.0 Å². The topological polar surface area (TPSA) is 74.6 Å². The van der Waals surface area contributed by atoms with Gasteiger partial charge in [-0.3, -0.25) is 9.59 Å². The number of aryl methyl sites for hydroxylation is 2. The first kappa shape index (κ1) is 29.7. The predicted octanol–water partition coefficient (Wildman–Crippen LogP) is 8.00. The molecule has 0 radical (unpaired) electrons. The summed E-state index contributed by atoms with van der Waals surface area (Å²) in [6.07, 6.45) is 3.85. The summed E-state index contributed by atoms with van der Waals surface area (Å²) in [5.41, 5.74) is 2.37. The number of hydrogen-bond donors (Lipinski definition) is 2. The molecule has 0 saturated heterocycles. The number of benzene rings is 1. The van der Waals surface area contributed by atoms with Crippen LogP contribution in [-0.2, 0) is 16.0 Å². The number of carbonyl (C=O) groups excluding carboxylic acids is 2. The van der Waals surface area contributed by atoms with Crippen molar-refractivity contribution in [3.63, 3.8) is 0 Å². The number of allylic oxidation sites excluding steroid dienone is 3. The van der Waals surface area contributed by atoms with Crippen LogP contribution in [0.2, 0.25) is 0 Å². The summed E-state index contributed by atoms with van der Waals surface area (Å²) in [5, 5.41) is 22.2. The minimum absolute atomic E-state index is 0.0905. The predicted molar refractivity (Wildman–Crippen MR) is 141 cm³/mol. The summed E-state index contributed by atoms with van der Waals surface area (Å²) in [4.78, 5) is 26.5. The molecule has 4 nitrogen and oxygen atoms in total. The van der Waals surface area contributed by atoms with E-state index in [1.165, 1.54) is 0 Å². The van der Waals surface area contributed by atoms with Crippen molar-refractivity contribution in [2.75, 3.05) is 0 Å². The molecule has 2 N–H and O–H groups in total. The first-order valence-electron chi connectivity index (χ1n) is 12.9. The molecular formula is C30H46O4. The molecule has 0 bridgehead atoms. The maximum Gasteiger partial charge on any atom is 0.170 e. The van der Waals surface area contributed by atoms with Crippen LogP contribution in [0.3, 0.4) is 0 Å². The highest BCUT2D eigenvalue weighted by atomic mass is 16.3. The van der Waals surface area contributed by atoms with Gasteiger partial charge in [0, 0.05) is 24.8 Å². The summed E-state index contributed by atoms with van der Waals surface area (Å²) in [6, 6.07) is 7.88. The van der Waals surface area contributed by atoms with E-state index in [1.54, 1.807) is 0 Å². The minimum atomic E-state index is -0.354. The zero-order chi connectivity index (χ0) is 25.8. The average Bonchev–Trinajstić information content (AvgIpc) is 2.75. The SMILES string of the molecule is Cc1ccccc1CCC(=O)/C(C(=O)CCC(C)C)=C(O)/C(CCC(C)C)=C(/O)CCC(C)C. The molecule has 0 unspecified atom stereocenters. The van der Waals surface area contributed by atoms with Gasteiger partial charge in [0.05, 0.1) is 5.76 Å². The molecule has 0 amide bonds. The van der Waals surface area contributed by atoms with E-state index >= 15 is 0 Å². The Balaban J connectivity index is 3.39. The Morgan fingerprint density at radius 1 is 0.735 bits per heavy atom. The van der Waals surface area contributed by atoms with E-state index in [-0.39, 0.29) is 41.5 Å². The third-order valence-corrected chi connectivity index (χ3v) is 6.19. The second-order valence-electron chi connectivity index (χ2n) is 10.7. The van der Waals surface area contributed by atoms with E-state index in [1.807, 2.05) is 45.0 Å². The second-order valence-corrected chi connectivity index (χ2v) is 10.7. The maximum absolute atomic E-state index is 13.3. The number of Topliss-reactive ketones (excluding diaryl/α,β-unsaturated/α-hetero) is 2. The second kappa shape index (κ2) is 14.8. The van der Waals surface area contributed by atoms with Gasteiger partial charge in [-0.25, -0.2) is 0 Å². The molecule has 0 fully saturated rings. The van der Waals surface area contributed by atoms with Crippen molar-refractivity contribution in [3.05, 3.63) is 58.1 Å². The van der Waals surface area contributed by atoms with Crippen molar-refractivity contribution in [2.24, 2.45) is 17.8 Å². The standard InChI is InChI=1S/C30H46O4/c1-20(2)12-16-25(26(31)17-13-21(3)4)30(34)29(27(32)18-14-22(5)6)28(33)19-15-24-11-9-8-10-23(24)7/h8-11,20-22,31,34H,12-19H2,1-7H3/b26-25+,30-29-. The monoisotopic (exact) mass is 470 g/mol. The lowest BCUT2D eigenvalue weighted by molar-refractivity contribution is -0.121. The first-order chi connectivity index (χ1) is 15.9. The van der Waals surface area contributed by atoms with Crippen LogP contribution < -0.4 is 0 Å². The van der Waals surface area contributed by atoms with Crippen LogP contribution in [0, 0.1) is 24.7 Å². The lowest BCUT2D eigenvalue weighted by atomic mass is 9.89. The molecule has 1 aromatic rings. The number of aliphatic hydroxyl groups is 2. The number of hydrogen-bond acceptors (Lipinski definition) is 4. The minimum Gasteiger partial charge on any atom is -0.512 e. The quantitative estimate of drug-likeness (QED) is 0.0895. The molecule has 0 aliphatic carbocycles. The van der Waals surface area contributed by atoms with E-state index < -0.39 is 0 Å². The lowest BCUT2D eigenvalue weighted by Crippen LogP contribution is -2.19. The molecule has 1 aromatic carbocycles. The van der Waals surface area contributed by atoms with Crippen molar-refractivity contribution in [2.45, 2.75) is 99.8 Å². The Labute approximate surface area is 207 Å². The lowest BCUT2D eigenvalue weighted by Gasteiger charge is -2.17. The molecule has 0 saturated carbocycles. The van der Waals surface area contributed by atoms with Crippen LogP contribution in [0.15, 0.2) is 46.9 Å². The summed E-state index contributed by atoms with van der Waals surface area (Å²) in [7, 11) is 0. The van der Waals surface area contributed by atoms with Gasteiger partial charge < -0.3 is 10.2 Å². The van der Waals surface area contributed by atoms with Gasteiger partial charge in [0.15, 0.2) is 11.6 Å². The summed E-state index contributed by atoms with van der Waals surface area (Å²) in [6.45, 7) is 14.4. The van der Waals surface area contributed by atoms with Gasteiger partial charge >= 0.3 is 0 Å². The van der Waals surface area contributed by atoms with E-state index in [9.17, 15) is 19.8 Å².